The van der Waals surface area contributed by atoms with Gasteiger partial charge in [0.2, 0.25) is 11.4 Å². The lowest BCUT2D eigenvalue weighted by atomic mass is 9.78. The number of furan rings is 1. The Morgan fingerprint density at radius 3 is 2.55 bits per heavy atom. The Labute approximate surface area is 313 Å². The third-order valence-corrected chi connectivity index (χ3v) is 12.9. The standard InChI is InChI=1S/C49H48N3O/c1-3-43-39-18-10-9-17-37(39)40-22-20-35-21-23-41-42-24-25-44(38-19-11-15-34-14-7-8-16-36(34)38)51-49(42)53-48(41)47(35)46-30-33(29-32-12-5-4-6-13-32)26-27-52(46)31(2)28-45(40)50-43/h3,9-11,15,17-19,21,23-27,30,32,40,45H,1-2,4-8,12-14,16,20,22,28-29H2/q+1. The molecule has 0 N–H and O–H groups in total. The number of hydrogen-bond donors (Lipinski definition) is 0. The molecule has 0 bridgehead atoms. The quantitative estimate of drug-likeness (QED) is 0.172. The van der Waals surface area contributed by atoms with Crippen LogP contribution in [0.25, 0.3) is 50.3 Å². The molecule has 4 heteroatoms. The summed E-state index contributed by atoms with van der Waals surface area (Å²) in [4.78, 5) is 10.6. The summed E-state index contributed by atoms with van der Waals surface area (Å²) in [6.45, 7) is 8.93. The van der Waals surface area contributed by atoms with Crippen molar-refractivity contribution in [3.63, 3.8) is 0 Å². The predicted molar refractivity (Wildman–Crippen MR) is 217 cm³/mol. The molecule has 3 aromatic carbocycles. The van der Waals surface area contributed by atoms with Crippen molar-refractivity contribution in [2.24, 2.45) is 10.9 Å². The largest absolute Gasteiger partial charge is 0.437 e. The number of aromatic nitrogens is 2. The van der Waals surface area contributed by atoms with Crippen LogP contribution < -0.4 is 4.57 Å². The molecule has 2 aliphatic carbocycles. The molecule has 10 rings (SSSR count). The second-order valence-electron chi connectivity index (χ2n) is 16.1. The monoisotopic (exact) mass is 694 g/mol. The van der Waals surface area contributed by atoms with Crippen LogP contribution in [0.5, 0.6) is 0 Å². The summed E-state index contributed by atoms with van der Waals surface area (Å²) < 4.78 is 9.36. The van der Waals surface area contributed by atoms with Crippen molar-refractivity contribution in [1.29, 1.82) is 0 Å². The third kappa shape index (κ3) is 5.69. The molecule has 0 amide bonds. The van der Waals surface area contributed by atoms with Crippen molar-refractivity contribution in [2.75, 3.05) is 0 Å². The van der Waals surface area contributed by atoms with Crippen molar-refractivity contribution in [2.45, 2.75) is 95.4 Å². The maximum Gasteiger partial charge on any atom is 0.227 e. The van der Waals surface area contributed by atoms with Crippen LogP contribution >= 0.6 is 0 Å². The summed E-state index contributed by atoms with van der Waals surface area (Å²) in [5.74, 6) is 1.02. The first-order chi connectivity index (χ1) is 26.1. The van der Waals surface area contributed by atoms with Gasteiger partial charge >= 0.3 is 0 Å². The van der Waals surface area contributed by atoms with Crippen LogP contribution in [0.1, 0.15) is 97.1 Å². The lowest BCUT2D eigenvalue weighted by Crippen LogP contribution is -2.38. The molecule has 0 saturated heterocycles. The highest BCUT2D eigenvalue weighted by atomic mass is 16.3. The number of benzene rings is 3. The molecule has 6 aromatic rings. The van der Waals surface area contributed by atoms with E-state index in [0.29, 0.717) is 5.71 Å². The molecule has 4 aliphatic rings. The van der Waals surface area contributed by atoms with Crippen LogP contribution in [-0.2, 0) is 25.7 Å². The van der Waals surface area contributed by atoms with E-state index >= 15 is 0 Å². The molecule has 0 radical (unpaired) electrons. The van der Waals surface area contributed by atoms with Gasteiger partial charge in [-0.15, -0.1) is 0 Å². The van der Waals surface area contributed by atoms with Gasteiger partial charge in [0.1, 0.15) is 0 Å². The zero-order chi connectivity index (χ0) is 35.5. The first-order valence-electron chi connectivity index (χ1n) is 20.1. The minimum Gasteiger partial charge on any atom is -0.437 e. The van der Waals surface area contributed by atoms with Crippen molar-refractivity contribution in [1.82, 2.24) is 4.98 Å². The van der Waals surface area contributed by atoms with Crippen LogP contribution in [0.3, 0.4) is 0 Å². The van der Waals surface area contributed by atoms with E-state index in [0.717, 1.165) is 77.9 Å². The normalized spacial score (nSPS) is 20.2. The topological polar surface area (TPSA) is 42.3 Å². The zero-order valence-electron chi connectivity index (χ0n) is 30.7. The van der Waals surface area contributed by atoms with E-state index < -0.39 is 0 Å². The van der Waals surface area contributed by atoms with Crippen molar-refractivity contribution in [3.05, 3.63) is 138 Å². The van der Waals surface area contributed by atoms with Gasteiger partial charge in [0.15, 0.2) is 17.5 Å². The van der Waals surface area contributed by atoms with Gasteiger partial charge in [-0.3, -0.25) is 4.99 Å². The summed E-state index contributed by atoms with van der Waals surface area (Å²) in [6, 6.07) is 29.5. The highest BCUT2D eigenvalue weighted by molar-refractivity contribution is 6.11. The predicted octanol–water partition coefficient (Wildman–Crippen LogP) is 11.6. The molecule has 2 aliphatic heterocycles. The summed E-state index contributed by atoms with van der Waals surface area (Å²) in [5.41, 5.74) is 16.5. The van der Waals surface area contributed by atoms with Crippen LogP contribution in [0, 0.1) is 5.92 Å². The molecule has 5 heterocycles. The second kappa shape index (κ2) is 13.4. The number of rotatable bonds is 4. The average Bonchev–Trinajstić information content (AvgIpc) is 3.58. The molecule has 0 spiro atoms. The zero-order valence-corrected chi connectivity index (χ0v) is 30.7. The van der Waals surface area contributed by atoms with Gasteiger partial charge in [0.25, 0.3) is 0 Å². The molecule has 264 valence electrons. The molecule has 1 saturated carbocycles. The van der Waals surface area contributed by atoms with E-state index in [1.807, 2.05) is 6.08 Å². The molecule has 1 fully saturated rings. The van der Waals surface area contributed by atoms with Gasteiger partial charge in [-0.1, -0.05) is 93.3 Å². The highest BCUT2D eigenvalue weighted by Gasteiger charge is 2.35. The number of allylic oxidation sites excluding steroid dienone is 1. The van der Waals surface area contributed by atoms with E-state index in [9.17, 15) is 0 Å². The van der Waals surface area contributed by atoms with E-state index in [2.05, 4.69) is 96.2 Å². The summed E-state index contributed by atoms with van der Waals surface area (Å²) in [7, 11) is 0. The SMILES string of the molecule is C=CC1=NC2CC(=C)[n+]3ccc(CC4CCCCC4)cc3-c3c(ccc4c3oc3nc(-c5cccc6c5CCCC6)ccc34)CCC2c2ccccc21. The molecule has 2 atom stereocenters. The lowest BCUT2D eigenvalue weighted by molar-refractivity contribution is -0.571. The van der Waals surface area contributed by atoms with Gasteiger partial charge in [-0.2, -0.15) is 4.57 Å². The van der Waals surface area contributed by atoms with Gasteiger partial charge < -0.3 is 4.42 Å². The molecule has 3 aromatic heterocycles. The van der Waals surface area contributed by atoms with Crippen LogP contribution in [-0.4, -0.2) is 16.7 Å². The van der Waals surface area contributed by atoms with Crippen molar-refractivity contribution in [3.8, 4) is 22.5 Å². The van der Waals surface area contributed by atoms with E-state index in [1.54, 1.807) is 0 Å². The molecular formula is C49H48N3O+. The Hall–Kier alpha value is -5.09. The number of nitrogens with zero attached hydrogens (tertiary/aromatic N) is 3. The van der Waals surface area contributed by atoms with E-state index in [4.69, 9.17) is 21.0 Å². The average molecular weight is 695 g/mol. The first kappa shape index (κ1) is 32.6. The number of aliphatic imine (C=N–C) groups is 1. The fourth-order valence-corrected chi connectivity index (χ4v) is 10.2. The summed E-state index contributed by atoms with van der Waals surface area (Å²) in [5, 5.41) is 2.20. The maximum absolute atomic E-state index is 7.01. The number of aryl methyl sites for hydroxylation is 2. The van der Waals surface area contributed by atoms with Crippen LogP contribution in [0.2, 0.25) is 0 Å². The van der Waals surface area contributed by atoms with E-state index in [-0.39, 0.29) is 12.0 Å². The van der Waals surface area contributed by atoms with Gasteiger partial charge in [0, 0.05) is 39.9 Å². The minimum absolute atomic E-state index is 0.0931. The number of fused-ring (bicyclic) bond motifs is 11. The number of hydrogen-bond acceptors (Lipinski definition) is 3. The molecule has 4 nitrogen and oxygen atoms in total. The Kier molecular flexibility index (Phi) is 8.23. The van der Waals surface area contributed by atoms with Gasteiger partial charge in [0.05, 0.1) is 29.4 Å². The van der Waals surface area contributed by atoms with Gasteiger partial charge in [-0.05, 0) is 103 Å². The second-order valence-corrected chi connectivity index (χ2v) is 16.1. The minimum atomic E-state index is 0.0931. The smallest absolute Gasteiger partial charge is 0.227 e. The number of pyridine rings is 2. The molecule has 53 heavy (non-hydrogen) atoms. The summed E-state index contributed by atoms with van der Waals surface area (Å²) >= 11 is 0. The fraction of sp³-hybridized carbons (Fsp3) is 0.327. The molecular weight excluding hydrogens is 647 g/mol. The van der Waals surface area contributed by atoms with Gasteiger partial charge in [-0.25, -0.2) is 4.98 Å². The van der Waals surface area contributed by atoms with E-state index in [1.165, 1.54) is 95.1 Å². The fourth-order valence-electron chi connectivity index (χ4n) is 10.2. The third-order valence-electron chi connectivity index (χ3n) is 12.9. The van der Waals surface area contributed by atoms with Crippen molar-refractivity contribution < 1.29 is 8.98 Å². The Balaban J connectivity index is 1.15. The first-order valence-corrected chi connectivity index (χ1v) is 20.1. The molecule has 2 unspecified atom stereocenters. The Morgan fingerprint density at radius 1 is 0.792 bits per heavy atom. The summed E-state index contributed by atoms with van der Waals surface area (Å²) in [6.07, 6.45) is 19.5. The maximum atomic E-state index is 7.01. The van der Waals surface area contributed by atoms with Crippen molar-refractivity contribution >= 4 is 33.5 Å². The van der Waals surface area contributed by atoms with Crippen LogP contribution in [0.15, 0.2) is 114 Å². The van der Waals surface area contributed by atoms with Crippen LogP contribution in [0.4, 0.5) is 0 Å². The lowest BCUT2D eigenvalue weighted by Gasteiger charge is -2.32. The Morgan fingerprint density at radius 2 is 1.64 bits per heavy atom. The highest BCUT2D eigenvalue weighted by Crippen LogP contribution is 2.43. The Bertz CT molecular complexity index is 2460.